The number of pyridine rings is 1. The van der Waals surface area contributed by atoms with Crippen LogP contribution in [-0.2, 0) is 6.54 Å². The number of nitrogens with one attached hydrogen (secondary N) is 1. The maximum Gasteiger partial charge on any atom is 0.345 e. The summed E-state index contributed by atoms with van der Waals surface area (Å²) in [5, 5.41) is 12.4. The molecule has 1 aromatic carbocycles. The van der Waals surface area contributed by atoms with Gasteiger partial charge in [0.2, 0.25) is 0 Å². The molecule has 22 heavy (non-hydrogen) atoms. The van der Waals surface area contributed by atoms with E-state index in [2.05, 4.69) is 22.4 Å². The summed E-state index contributed by atoms with van der Waals surface area (Å²) in [6.07, 6.45) is 3.47. The summed E-state index contributed by atoms with van der Waals surface area (Å²) in [4.78, 5) is 16.4. The summed E-state index contributed by atoms with van der Waals surface area (Å²) in [5.74, 6) is -0.899. The molecule has 5 heteroatoms. The number of aromatic nitrogens is 1. The molecule has 2 aromatic heterocycles. The highest BCUT2D eigenvalue weighted by molar-refractivity contribution is 7.17. The highest BCUT2D eigenvalue weighted by Gasteiger charge is 2.11. The van der Waals surface area contributed by atoms with E-state index < -0.39 is 5.97 Å². The molecule has 2 heterocycles. The van der Waals surface area contributed by atoms with Gasteiger partial charge in [0.15, 0.2) is 0 Å². The lowest BCUT2D eigenvalue weighted by Crippen LogP contribution is -2.00. The van der Waals surface area contributed by atoms with E-state index in [0.29, 0.717) is 11.4 Å². The van der Waals surface area contributed by atoms with Crippen molar-refractivity contribution in [3.8, 4) is 10.4 Å². The van der Waals surface area contributed by atoms with Crippen LogP contribution in [0.4, 0.5) is 5.69 Å². The van der Waals surface area contributed by atoms with Crippen LogP contribution in [0.1, 0.15) is 15.2 Å². The second-order valence-electron chi connectivity index (χ2n) is 4.73. The SMILES string of the molecule is O=C(O)c1ccc(-c2ccncc2NCc2ccccc2)s1. The topological polar surface area (TPSA) is 62.2 Å². The van der Waals surface area contributed by atoms with Gasteiger partial charge in [0.05, 0.1) is 11.9 Å². The van der Waals surface area contributed by atoms with Crippen molar-refractivity contribution in [1.29, 1.82) is 0 Å². The maximum absolute atomic E-state index is 11.0. The summed E-state index contributed by atoms with van der Waals surface area (Å²) in [5.41, 5.74) is 3.03. The van der Waals surface area contributed by atoms with Gasteiger partial charge in [0, 0.05) is 23.2 Å². The van der Waals surface area contributed by atoms with E-state index in [0.717, 1.165) is 16.1 Å². The van der Waals surface area contributed by atoms with Crippen LogP contribution in [0.2, 0.25) is 0 Å². The van der Waals surface area contributed by atoms with Gasteiger partial charge in [-0.3, -0.25) is 4.98 Å². The maximum atomic E-state index is 11.0. The standard InChI is InChI=1S/C17H14N2O2S/c20-17(21)16-7-6-15(22-16)13-8-9-18-11-14(13)19-10-12-4-2-1-3-5-12/h1-9,11,19H,10H2,(H,20,21). The van der Waals surface area contributed by atoms with Crippen molar-refractivity contribution >= 4 is 23.0 Å². The Balaban J connectivity index is 1.84. The van der Waals surface area contributed by atoms with Crippen LogP contribution in [0.3, 0.4) is 0 Å². The molecule has 0 atom stereocenters. The number of carboxylic acid groups (broad SMARTS) is 1. The van der Waals surface area contributed by atoms with E-state index >= 15 is 0 Å². The van der Waals surface area contributed by atoms with Gasteiger partial charge in [-0.15, -0.1) is 11.3 Å². The predicted molar refractivity (Wildman–Crippen MR) is 88.3 cm³/mol. The normalized spacial score (nSPS) is 10.4. The molecule has 0 unspecified atom stereocenters. The molecule has 0 fully saturated rings. The molecule has 3 rings (SSSR count). The van der Waals surface area contributed by atoms with Crippen LogP contribution in [0, 0.1) is 0 Å². The van der Waals surface area contributed by atoms with Gasteiger partial charge in [-0.1, -0.05) is 30.3 Å². The Kier molecular flexibility index (Phi) is 4.16. The molecule has 0 bridgehead atoms. The molecule has 0 saturated heterocycles. The zero-order valence-electron chi connectivity index (χ0n) is 11.7. The Labute approximate surface area is 132 Å². The van der Waals surface area contributed by atoms with Crippen LogP contribution in [0.15, 0.2) is 60.9 Å². The van der Waals surface area contributed by atoms with Gasteiger partial charge in [-0.05, 0) is 23.8 Å². The third kappa shape index (κ3) is 3.15. The van der Waals surface area contributed by atoms with Gasteiger partial charge < -0.3 is 10.4 Å². The van der Waals surface area contributed by atoms with Crippen molar-refractivity contribution in [2.24, 2.45) is 0 Å². The lowest BCUT2D eigenvalue weighted by molar-refractivity contribution is 0.0702. The highest BCUT2D eigenvalue weighted by Crippen LogP contribution is 2.33. The summed E-state index contributed by atoms with van der Waals surface area (Å²) >= 11 is 1.26. The third-order valence-corrected chi connectivity index (χ3v) is 4.34. The molecule has 0 spiro atoms. The summed E-state index contributed by atoms with van der Waals surface area (Å²) in [7, 11) is 0. The first kappa shape index (κ1) is 14.3. The van der Waals surface area contributed by atoms with Crippen LogP contribution in [-0.4, -0.2) is 16.1 Å². The number of hydrogen-bond donors (Lipinski definition) is 2. The third-order valence-electron chi connectivity index (χ3n) is 3.23. The van der Waals surface area contributed by atoms with Crippen LogP contribution < -0.4 is 5.32 Å². The molecule has 0 amide bonds. The van der Waals surface area contributed by atoms with E-state index in [1.807, 2.05) is 30.3 Å². The summed E-state index contributed by atoms with van der Waals surface area (Å²) in [6.45, 7) is 0.691. The molecular weight excluding hydrogens is 296 g/mol. The van der Waals surface area contributed by atoms with E-state index in [-0.39, 0.29) is 0 Å². The van der Waals surface area contributed by atoms with Crippen LogP contribution >= 0.6 is 11.3 Å². The highest BCUT2D eigenvalue weighted by atomic mass is 32.1. The summed E-state index contributed by atoms with van der Waals surface area (Å²) in [6, 6.07) is 15.4. The molecular formula is C17H14N2O2S. The largest absolute Gasteiger partial charge is 0.477 e. The van der Waals surface area contributed by atoms with Gasteiger partial charge in [0.1, 0.15) is 4.88 Å². The van der Waals surface area contributed by atoms with Gasteiger partial charge in [-0.25, -0.2) is 4.79 Å². The summed E-state index contributed by atoms with van der Waals surface area (Å²) < 4.78 is 0. The Morgan fingerprint density at radius 2 is 1.95 bits per heavy atom. The first-order valence-electron chi connectivity index (χ1n) is 6.79. The minimum absolute atomic E-state index is 0.334. The number of thiophene rings is 1. The second kappa shape index (κ2) is 6.41. The fourth-order valence-corrected chi connectivity index (χ4v) is 3.03. The fraction of sp³-hybridized carbons (Fsp3) is 0.0588. The molecule has 0 aliphatic heterocycles. The Hall–Kier alpha value is -2.66. The molecule has 2 N–H and O–H groups in total. The lowest BCUT2D eigenvalue weighted by Gasteiger charge is -2.10. The zero-order valence-corrected chi connectivity index (χ0v) is 12.5. The Morgan fingerprint density at radius 1 is 1.14 bits per heavy atom. The minimum Gasteiger partial charge on any atom is -0.477 e. The van der Waals surface area contributed by atoms with E-state index in [4.69, 9.17) is 5.11 Å². The molecule has 0 radical (unpaired) electrons. The van der Waals surface area contributed by atoms with Crippen molar-refractivity contribution in [3.63, 3.8) is 0 Å². The number of anilines is 1. The van der Waals surface area contributed by atoms with Crippen molar-refractivity contribution in [2.45, 2.75) is 6.54 Å². The van der Waals surface area contributed by atoms with Crippen molar-refractivity contribution in [1.82, 2.24) is 4.98 Å². The number of rotatable bonds is 5. The molecule has 0 aliphatic rings. The van der Waals surface area contributed by atoms with Crippen LogP contribution in [0.5, 0.6) is 0 Å². The van der Waals surface area contributed by atoms with Gasteiger partial charge in [0.25, 0.3) is 0 Å². The zero-order chi connectivity index (χ0) is 15.4. The number of aromatic carboxylic acids is 1. The Bertz CT molecular complexity index is 784. The number of hydrogen-bond acceptors (Lipinski definition) is 4. The number of carbonyl (C=O) groups is 1. The smallest absolute Gasteiger partial charge is 0.345 e. The molecule has 4 nitrogen and oxygen atoms in total. The molecule has 0 aliphatic carbocycles. The fourth-order valence-electron chi connectivity index (χ4n) is 2.14. The Morgan fingerprint density at radius 3 is 2.68 bits per heavy atom. The van der Waals surface area contributed by atoms with Gasteiger partial charge >= 0.3 is 5.97 Å². The van der Waals surface area contributed by atoms with Crippen molar-refractivity contribution in [2.75, 3.05) is 5.32 Å². The van der Waals surface area contributed by atoms with E-state index in [9.17, 15) is 4.79 Å². The lowest BCUT2D eigenvalue weighted by atomic mass is 10.1. The van der Waals surface area contributed by atoms with E-state index in [1.165, 1.54) is 16.9 Å². The number of benzene rings is 1. The molecule has 3 aromatic rings. The van der Waals surface area contributed by atoms with Gasteiger partial charge in [-0.2, -0.15) is 0 Å². The number of carboxylic acids is 1. The first-order valence-corrected chi connectivity index (χ1v) is 7.61. The number of nitrogens with zero attached hydrogens (tertiary/aromatic N) is 1. The average Bonchev–Trinajstić information content (AvgIpc) is 3.04. The minimum atomic E-state index is -0.899. The second-order valence-corrected chi connectivity index (χ2v) is 5.81. The predicted octanol–water partition coefficient (Wildman–Crippen LogP) is 4.12. The van der Waals surface area contributed by atoms with Crippen LogP contribution in [0.25, 0.3) is 10.4 Å². The average molecular weight is 310 g/mol. The monoisotopic (exact) mass is 310 g/mol. The molecule has 0 saturated carbocycles. The quantitative estimate of drug-likeness (QED) is 0.744. The first-order chi connectivity index (χ1) is 10.7. The molecule has 110 valence electrons. The van der Waals surface area contributed by atoms with E-state index in [1.54, 1.807) is 18.5 Å². The van der Waals surface area contributed by atoms with Crippen molar-refractivity contribution < 1.29 is 9.90 Å². The van der Waals surface area contributed by atoms with Crippen molar-refractivity contribution in [3.05, 3.63) is 71.4 Å².